The lowest BCUT2D eigenvalue weighted by Crippen LogP contribution is -2.48. The Hall–Kier alpha value is -3.39. The summed E-state index contributed by atoms with van der Waals surface area (Å²) in [5, 5.41) is 23.9. The number of hydroxylamine groups is 2. The number of benzene rings is 3. The molecule has 1 aliphatic heterocycles. The third-order valence-corrected chi connectivity index (χ3v) is 7.20. The van der Waals surface area contributed by atoms with E-state index in [1.54, 1.807) is 66.7 Å². The lowest BCUT2D eigenvalue weighted by Gasteiger charge is -2.36. The number of nitrogens with one attached hydrogen (secondary N) is 3. The van der Waals surface area contributed by atoms with Gasteiger partial charge in [0.15, 0.2) is 0 Å². The van der Waals surface area contributed by atoms with Crippen LogP contribution in [0.5, 0.6) is 0 Å². The molecule has 3 aromatic carbocycles. The molecule has 0 saturated carbocycles. The Bertz CT molecular complexity index is 1420. The van der Waals surface area contributed by atoms with Crippen LogP contribution in [0.25, 0.3) is 0 Å². The molecule has 10 nitrogen and oxygen atoms in total. The Balaban J connectivity index is 1.86. The van der Waals surface area contributed by atoms with Crippen molar-refractivity contribution in [2.45, 2.75) is 12.1 Å². The number of rotatable bonds is 7. The summed E-state index contributed by atoms with van der Waals surface area (Å²) in [6.07, 6.45) is 0. The number of carbonyl (C=O) groups excluding carboxylic acids is 3. The van der Waals surface area contributed by atoms with Crippen molar-refractivity contribution in [1.82, 2.24) is 15.3 Å². The summed E-state index contributed by atoms with van der Waals surface area (Å²) in [6, 6.07) is 15.4. The van der Waals surface area contributed by atoms with E-state index in [4.69, 9.17) is 34.3 Å². The van der Waals surface area contributed by atoms with Crippen molar-refractivity contribution in [2.75, 3.05) is 18.4 Å². The Kier molecular flexibility index (Phi) is 8.95. The van der Waals surface area contributed by atoms with E-state index in [0.717, 1.165) is 3.57 Å². The van der Waals surface area contributed by atoms with Crippen molar-refractivity contribution in [3.63, 3.8) is 0 Å². The van der Waals surface area contributed by atoms with Crippen molar-refractivity contribution in [3.8, 4) is 0 Å². The first kappa shape index (κ1) is 28.6. The zero-order valence-electron chi connectivity index (χ0n) is 20.2. The summed E-state index contributed by atoms with van der Waals surface area (Å²) in [5.41, 5.74) is 6.64. The highest BCUT2D eigenvalue weighted by molar-refractivity contribution is 14.1. The largest absolute Gasteiger partial charge is 0.368 e. The van der Waals surface area contributed by atoms with Crippen molar-refractivity contribution in [1.29, 1.82) is 5.41 Å². The monoisotopic (exact) mass is 680 g/mol. The van der Waals surface area contributed by atoms with Crippen LogP contribution in [0.3, 0.4) is 0 Å². The van der Waals surface area contributed by atoms with E-state index in [9.17, 15) is 19.6 Å². The molecule has 0 spiro atoms. The van der Waals surface area contributed by atoms with Gasteiger partial charge < -0.3 is 21.3 Å². The van der Waals surface area contributed by atoms with Gasteiger partial charge in [-0.05, 0) is 76.2 Å². The average Bonchev–Trinajstić information content (AvgIpc) is 3.00. The van der Waals surface area contributed by atoms with E-state index in [2.05, 4.69) is 33.2 Å². The van der Waals surface area contributed by atoms with E-state index >= 15 is 0 Å². The predicted octanol–water partition coefficient (Wildman–Crippen LogP) is 4.18. The lowest BCUT2D eigenvalue weighted by atomic mass is 9.97. The second-order valence-corrected chi connectivity index (χ2v) is 10.7. The predicted molar refractivity (Wildman–Crippen MR) is 156 cm³/mol. The summed E-state index contributed by atoms with van der Waals surface area (Å²) < 4.78 is 0.763. The third-order valence-electron chi connectivity index (χ3n) is 6.03. The van der Waals surface area contributed by atoms with Gasteiger partial charge in [0, 0.05) is 20.2 Å². The van der Waals surface area contributed by atoms with Crippen LogP contribution in [0, 0.1) is 8.98 Å². The van der Waals surface area contributed by atoms with Gasteiger partial charge in [-0.15, -0.1) is 0 Å². The SMILES string of the molecule is N=C(N)N(O)CCNC(=O)C(c1ccc(Cl)cc1)N1C(=O)c2cc(I)ccc2NC(=O)C1c1ccc(Cl)cc1. The third kappa shape index (κ3) is 6.44. The normalized spacial score (nSPS) is 15.6. The van der Waals surface area contributed by atoms with Gasteiger partial charge in [0.05, 0.1) is 17.8 Å². The first-order valence-corrected chi connectivity index (χ1v) is 13.4. The van der Waals surface area contributed by atoms with Gasteiger partial charge >= 0.3 is 0 Å². The molecule has 13 heteroatoms. The molecule has 0 radical (unpaired) electrons. The Morgan fingerprint density at radius 3 is 2.33 bits per heavy atom. The number of fused-ring (bicyclic) bond motifs is 1. The standard InChI is InChI=1S/C26H23Cl2IN6O4/c27-16-5-1-14(2-6-16)21(23(36)32-11-12-34(39)26(30)31)35-22(15-3-7-17(28)8-4-15)24(37)33-20-10-9-18(29)13-19(20)25(35)38/h1-10,13,21-22,39H,11-12H2,(H3,30,31)(H,32,36)(H,33,37). The fourth-order valence-electron chi connectivity index (χ4n) is 4.20. The Morgan fingerprint density at radius 1 is 1.10 bits per heavy atom. The topological polar surface area (TPSA) is 152 Å². The molecule has 202 valence electrons. The minimum Gasteiger partial charge on any atom is -0.368 e. The molecule has 1 aliphatic rings. The summed E-state index contributed by atoms with van der Waals surface area (Å²) in [5.74, 6) is -2.28. The number of hydrogen-bond acceptors (Lipinski definition) is 5. The number of halogens is 3. The van der Waals surface area contributed by atoms with Crippen molar-refractivity contribution >= 4 is 75.2 Å². The molecule has 2 unspecified atom stereocenters. The fourth-order valence-corrected chi connectivity index (χ4v) is 4.94. The van der Waals surface area contributed by atoms with E-state index in [0.29, 0.717) is 31.9 Å². The number of carbonyl (C=O) groups is 3. The van der Waals surface area contributed by atoms with Gasteiger partial charge in [0.1, 0.15) is 12.1 Å². The van der Waals surface area contributed by atoms with Gasteiger partial charge in [0.25, 0.3) is 11.8 Å². The van der Waals surface area contributed by atoms with Gasteiger partial charge in [-0.2, -0.15) is 0 Å². The number of nitrogens with zero attached hydrogens (tertiary/aromatic N) is 2. The van der Waals surface area contributed by atoms with Crippen molar-refractivity contribution < 1.29 is 19.6 Å². The van der Waals surface area contributed by atoms with E-state index in [1.165, 1.54) is 4.90 Å². The second kappa shape index (κ2) is 12.2. The van der Waals surface area contributed by atoms with Gasteiger partial charge in [-0.25, -0.2) is 5.06 Å². The van der Waals surface area contributed by atoms with Crippen LogP contribution in [0.15, 0.2) is 66.7 Å². The summed E-state index contributed by atoms with van der Waals surface area (Å²) in [4.78, 5) is 43.0. The fraction of sp³-hybridized carbons (Fsp3) is 0.154. The molecule has 3 aromatic rings. The van der Waals surface area contributed by atoms with Gasteiger partial charge in [-0.3, -0.25) is 25.0 Å². The first-order chi connectivity index (χ1) is 18.6. The first-order valence-electron chi connectivity index (χ1n) is 11.6. The molecule has 0 saturated heterocycles. The number of hydrogen-bond donors (Lipinski definition) is 5. The highest BCUT2D eigenvalue weighted by atomic mass is 127. The van der Waals surface area contributed by atoms with Crippen LogP contribution in [-0.2, 0) is 9.59 Å². The highest BCUT2D eigenvalue weighted by Crippen LogP contribution is 2.38. The van der Waals surface area contributed by atoms with Crippen LogP contribution in [0.1, 0.15) is 33.6 Å². The molecule has 6 N–H and O–H groups in total. The second-order valence-electron chi connectivity index (χ2n) is 8.60. The van der Waals surface area contributed by atoms with E-state index in [-0.39, 0.29) is 18.7 Å². The lowest BCUT2D eigenvalue weighted by molar-refractivity contribution is -0.129. The Labute approximate surface area is 247 Å². The average molecular weight is 681 g/mol. The summed E-state index contributed by atoms with van der Waals surface area (Å²) in [7, 11) is 0. The molecule has 4 rings (SSSR count). The van der Waals surface area contributed by atoms with Crippen LogP contribution >= 0.6 is 45.8 Å². The number of guanidine groups is 1. The molecular formula is C26H23Cl2IN6O4. The van der Waals surface area contributed by atoms with Gasteiger partial charge in [-0.1, -0.05) is 47.5 Å². The molecule has 39 heavy (non-hydrogen) atoms. The molecular weight excluding hydrogens is 658 g/mol. The maximum atomic E-state index is 14.2. The quantitative estimate of drug-likeness (QED) is 0.109. The summed E-state index contributed by atoms with van der Waals surface area (Å²) >= 11 is 14.3. The molecule has 1 heterocycles. The smallest absolute Gasteiger partial charge is 0.257 e. The van der Waals surface area contributed by atoms with E-state index in [1.807, 2.05) is 0 Å². The molecule has 0 aromatic heterocycles. The van der Waals surface area contributed by atoms with Crippen molar-refractivity contribution in [2.24, 2.45) is 5.73 Å². The molecule has 0 bridgehead atoms. The Morgan fingerprint density at radius 2 is 1.72 bits per heavy atom. The summed E-state index contributed by atoms with van der Waals surface area (Å²) in [6.45, 7) is -0.280. The zero-order chi connectivity index (χ0) is 28.3. The van der Waals surface area contributed by atoms with E-state index < -0.39 is 35.8 Å². The number of nitrogens with two attached hydrogens (primary N) is 1. The minimum atomic E-state index is -1.28. The maximum absolute atomic E-state index is 14.2. The maximum Gasteiger partial charge on any atom is 0.257 e. The highest BCUT2D eigenvalue weighted by Gasteiger charge is 2.43. The van der Waals surface area contributed by atoms with Crippen LogP contribution in [0.2, 0.25) is 10.0 Å². The molecule has 2 atom stereocenters. The number of amides is 3. The minimum absolute atomic E-state index is 0.104. The molecule has 0 fully saturated rings. The van der Waals surface area contributed by atoms with Crippen LogP contribution < -0.4 is 16.4 Å². The van der Waals surface area contributed by atoms with Crippen LogP contribution in [0.4, 0.5) is 5.69 Å². The van der Waals surface area contributed by atoms with Crippen molar-refractivity contribution in [3.05, 3.63) is 97.0 Å². The molecule has 0 aliphatic carbocycles. The molecule has 3 amide bonds. The van der Waals surface area contributed by atoms with Gasteiger partial charge in [0.2, 0.25) is 11.9 Å². The number of anilines is 1. The van der Waals surface area contributed by atoms with Crippen LogP contribution in [-0.4, -0.2) is 51.9 Å². The zero-order valence-corrected chi connectivity index (χ0v) is 23.9.